The summed E-state index contributed by atoms with van der Waals surface area (Å²) in [6.07, 6.45) is 0.604. The van der Waals surface area contributed by atoms with E-state index in [2.05, 4.69) is 5.16 Å². The van der Waals surface area contributed by atoms with Gasteiger partial charge in [-0.2, -0.15) is 0 Å². The van der Waals surface area contributed by atoms with Crippen molar-refractivity contribution in [2.45, 2.75) is 19.4 Å². The lowest BCUT2D eigenvalue weighted by Gasteiger charge is -2.29. The molecule has 2 aliphatic heterocycles. The van der Waals surface area contributed by atoms with E-state index in [-0.39, 0.29) is 47.5 Å². The molecule has 2 amide bonds. The quantitative estimate of drug-likeness (QED) is 0.407. The summed E-state index contributed by atoms with van der Waals surface area (Å²) in [5, 5.41) is 4.37. The van der Waals surface area contributed by atoms with E-state index < -0.39 is 5.97 Å². The van der Waals surface area contributed by atoms with E-state index >= 15 is 0 Å². The van der Waals surface area contributed by atoms with Crippen LogP contribution in [-0.2, 0) is 19.2 Å². The SMILES string of the molecule is COc1ccc(C2=NO[C@@H]3[C@H]4C[C@H]([C@@H]23)[C@@H]2C(=O)N(c3ccc(OC(C)=O)cc3)C(=O)[C@@H]42)cc1. The van der Waals surface area contributed by atoms with Crippen molar-refractivity contribution in [3.8, 4) is 11.5 Å². The van der Waals surface area contributed by atoms with Gasteiger partial charge in [-0.3, -0.25) is 19.3 Å². The van der Waals surface area contributed by atoms with E-state index in [4.69, 9.17) is 14.3 Å². The van der Waals surface area contributed by atoms with Crippen molar-refractivity contribution in [2.24, 2.45) is 34.7 Å². The molecule has 0 N–H and O–H groups in total. The average Bonchev–Trinajstić information content (AvgIpc) is 3.55. The monoisotopic (exact) mass is 446 g/mol. The Morgan fingerprint density at radius 2 is 1.58 bits per heavy atom. The number of oxime groups is 1. The number of fused-ring (bicyclic) bond motifs is 8. The van der Waals surface area contributed by atoms with Gasteiger partial charge >= 0.3 is 5.97 Å². The second-order valence-corrected chi connectivity index (χ2v) is 9.02. The van der Waals surface area contributed by atoms with Gasteiger partial charge in [0.25, 0.3) is 0 Å². The van der Waals surface area contributed by atoms with Crippen LogP contribution in [0.5, 0.6) is 11.5 Å². The third kappa shape index (κ3) is 2.83. The molecule has 8 nitrogen and oxygen atoms in total. The Balaban J connectivity index is 1.28. The zero-order chi connectivity index (χ0) is 22.9. The van der Waals surface area contributed by atoms with Crippen molar-refractivity contribution in [2.75, 3.05) is 12.0 Å². The topological polar surface area (TPSA) is 94.5 Å². The summed E-state index contributed by atoms with van der Waals surface area (Å²) in [6, 6.07) is 14.1. The van der Waals surface area contributed by atoms with Gasteiger partial charge in [0.05, 0.1) is 30.3 Å². The molecule has 0 aromatic heterocycles. The Bertz CT molecular complexity index is 1190. The molecule has 6 atom stereocenters. The molecule has 1 saturated heterocycles. The predicted octanol–water partition coefficient (Wildman–Crippen LogP) is 2.80. The Morgan fingerprint density at radius 1 is 0.939 bits per heavy atom. The molecule has 2 saturated carbocycles. The van der Waals surface area contributed by atoms with Crippen molar-refractivity contribution >= 4 is 29.2 Å². The lowest BCUT2D eigenvalue weighted by Crippen LogP contribution is -2.41. The summed E-state index contributed by atoms with van der Waals surface area (Å²) in [4.78, 5) is 45.2. The highest BCUT2D eigenvalue weighted by molar-refractivity contribution is 6.23. The lowest BCUT2D eigenvalue weighted by atomic mass is 9.71. The number of benzene rings is 2. The van der Waals surface area contributed by atoms with Crippen LogP contribution >= 0.6 is 0 Å². The maximum Gasteiger partial charge on any atom is 0.308 e. The highest BCUT2D eigenvalue weighted by Gasteiger charge is 2.70. The summed E-state index contributed by atoms with van der Waals surface area (Å²) in [6.45, 7) is 1.32. The summed E-state index contributed by atoms with van der Waals surface area (Å²) >= 11 is 0. The van der Waals surface area contributed by atoms with Crippen molar-refractivity contribution in [1.29, 1.82) is 0 Å². The predicted molar refractivity (Wildman–Crippen MR) is 117 cm³/mol. The number of carbonyl (C=O) groups excluding carboxylic acids is 3. The highest BCUT2D eigenvalue weighted by Crippen LogP contribution is 2.62. The summed E-state index contributed by atoms with van der Waals surface area (Å²) in [5.74, 6) is -0.444. The maximum absolute atomic E-state index is 13.5. The fraction of sp³-hybridized carbons (Fsp3) is 0.360. The fourth-order valence-corrected chi connectivity index (χ4v) is 6.21. The number of nitrogens with zero attached hydrogens (tertiary/aromatic N) is 2. The summed E-state index contributed by atoms with van der Waals surface area (Å²) < 4.78 is 10.3. The summed E-state index contributed by atoms with van der Waals surface area (Å²) in [7, 11) is 1.62. The van der Waals surface area contributed by atoms with E-state index in [1.54, 1.807) is 31.4 Å². The largest absolute Gasteiger partial charge is 0.497 e. The fourth-order valence-electron chi connectivity index (χ4n) is 6.21. The molecule has 2 heterocycles. The number of ether oxygens (including phenoxy) is 2. The first kappa shape index (κ1) is 20.0. The van der Waals surface area contributed by atoms with Gasteiger partial charge in [-0.15, -0.1) is 0 Å². The van der Waals surface area contributed by atoms with Crippen LogP contribution in [0.2, 0.25) is 0 Å². The molecule has 0 radical (unpaired) electrons. The minimum Gasteiger partial charge on any atom is -0.497 e. The van der Waals surface area contributed by atoms with Crippen LogP contribution in [-0.4, -0.2) is 36.7 Å². The molecular formula is C25H22N2O6. The Labute approximate surface area is 190 Å². The van der Waals surface area contributed by atoms with Gasteiger partial charge < -0.3 is 14.3 Å². The molecule has 2 aromatic carbocycles. The average molecular weight is 446 g/mol. The number of hydrogen-bond acceptors (Lipinski definition) is 7. The standard InChI is InChI=1S/C25H22N2O6/c1-12(28)32-16-9-5-14(6-10-16)27-24(29)19-17-11-18(20(19)25(27)30)23-21(17)22(26-33-23)13-3-7-15(31-2)8-4-13/h3-10,17-21,23H,11H2,1-2H3/t17-,18-,19-,20-,21-,23+/m0/s1. The first-order valence-electron chi connectivity index (χ1n) is 11.0. The van der Waals surface area contributed by atoms with E-state index in [0.29, 0.717) is 11.4 Å². The van der Waals surface area contributed by atoms with E-state index in [1.807, 2.05) is 24.3 Å². The Hall–Kier alpha value is -3.68. The molecule has 33 heavy (non-hydrogen) atoms. The van der Waals surface area contributed by atoms with E-state index in [1.165, 1.54) is 11.8 Å². The van der Waals surface area contributed by atoms with Crippen LogP contribution in [0.15, 0.2) is 53.7 Å². The van der Waals surface area contributed by atoms with Gasteiger partial charge in [0.2, 0.25) is 11.8 Å². The highest BCUT2D eigenvalue weighted by atomic mass is 16.6. The van der Waals surface area contributed by atoms with Gasteiger partial charge in [0.1, 0.15) is 17.6 Å². The zero-order valence-corrected chi connectivity index (χ0v) is 18.1. The van der Waals surface area contributed by atoms with Gasteiger partial charge in [-0.25, -0.2) is 0 Å². The molecule has 3 fully saturated rings. The molecule has 2 bridgehead atoms. The summed E-state index contributed by atoms with van der Waals surface area (Å²) in [5.41, 5.74) is 2.28. The van der Waals surface area contributed by atoms with Crippen molar-refractivity contribution < 1.29 is 28.7 Å². The number of methoxy groups -OCH3 is 1. The van der Waals surface area contributed by atoms with E-state index in [0.717, 1.165) is 23.4 Å². The van der Waals surface area contributed by atoms with Crippen LogP contribution in [0.4, 0.5) is 5.69 Å². The molecule has 4 aliphatic rings. The number of esters is 1. The van der Waals surface area contributed by atoms with Gasteiger partial charge in [0.15, 0.2) is 0 Å². The number of carbonyl (C=O) groups is 3. The third-order valence-electron chi connectivity index (χ3n) is 7.43. The van der Waals surface area contributed by atoms with Crippen LogP contribution in [0.3, 0.4) is 0 Å². The zero-order valence-electron chi connectivity index (χ0n) is 18.1. The molecule has 2 aliphatic carbocycles. The van der Waals surface area contributed by atoms with Crippen molar-refractivity contribution in [3.05, 3.63) is 54.1 Å². The number of anilines is 1. The second-order valence-electron chi connectivity index (χ2n) is 9.02. The number of rotatable bonds is 4. The minimum atomic E-state index is -0.428. The smallest absolute Gasteiger partial charge is 0.308 e. The number of hydrogen-bond donors (Lipinski definition) is 0. The third-order valence-corrected chi connectivity index (χ3v) is 7.43. The Morgan fingerprint density at radius 3 is 2.21 bits per heavy atom. The van der Waals surface area contributed by atoms with Crippen LogP contribution < -0.4 is 14.4 Å². The first-order chi connectivity index (χ1) is 16.0. The number of amides is 2. The van der Waals surface area contributed by atoms with Crippen molar-refractivity contribution in [3.63, 3.8) is 0 Å². The van der Waals surface area contributed by atoms with Crippen LogP contribution in [0.25, 0.3) is 0 Å². The molecule has 168 valence electrons. The molecule has 2 aromatic rings. The number of imide groups is 1. The van der Waals surface area contributed by atoms with Crippen LogP contribution in [0.1, 0.15) is 18.9 Å². The maximum atomic E-state index is 13.5. The normalized spacial score (nSPS) is 31.2. The molecule has 6 rings (SSSR count). The molecule has 8 heteroatoms. The first-order valence-corrected chi connectivity index (χ1v) is 11.0. The minimum absolute atomic E-state index is 0.00677. The molecule has 0 unspecified atom stereocenters. The van der Waals surface area contributed by atoms with Crippen LogP contribution in [0, 0.1) is 29.6 Å². The van der Waals surface area contributed by atoms with Gasteiger partial charge in [-0.1, -0.05) is 5.16 Å². The second kappa shape index (κ2) is 7.16. The Kier molecular flexibility index (Phi) is 4.33. The van der Waals surface area contributed by atoms with Crippen molar-refractivity contribution in [1.82, 2.24) is 0 Å². The van der Waals surface area contributed by atoms with E-state index in [9.17, 15) is 14.4 Å². The molecule has 0 spiro atoms. The lowest BCUT2D eigenvalue weighted by molar-refractivity contribution is -0.132. The molecular weight excluding hydrogens is 424 g/mol. The van der Waals surface area contributed by atoms with Gasteiger partial charge in [0, 0.05) is 24.3 Å². The van der Waals surface area contributed by atoms with Gasteiger partial charge in [-0.05, 0) is 60.9 Å².